The first kappa shape index (κ1) is 21.2. The summed E-state index contributed by atoms with van der Waals surface area (Å²) in [5.74, 6) is -2.00. The molecular weight excluding hydrogens is 400 g/mol. The molecule has 0 aliphatic heterocycles. The second-order valence-corrected chi connectivity index (χ2v) is 6.97. The Hall–Kier alpha value is -2.55. The molecule has 2 aromatic carbocycles. The maximum atomic E-state index is 13.0. The summed E-state index contributed by atoms with van der Waals surface area (Å²) in [6, 6.07) is 7.58. The second-order valence-electron chi connectivity index (χ2n) is 6.97. The van der Waals surface area contributed by atoms with Crippen LogP contribution in [0.5, 0.6) is 0 Å². The lowest BCUT2D eigenvalue weighted by Crippen LogP contribution is -2.38. The average Bonchev–Trinajstić information content (AvgIpc) is 3.02. The van der Waals surface area contributed by atoms with E-state index in [-0.39, 0.29) is 12.0 Å². The molecule has 0 saturated heterocycles. The highest BCUT2D eigenvalue weighted by molar-refractivity contribution is 5.82. The number of nitrogens with one attached hydrogen (secondary N) is 1. The van der Waals surface area contributed by atoms with Crippen LogP contribution < -0.4 is 5.32 Å². The van der Waals surface area contributed by atoms with Crippen molar-refractivity contribution >= 4 is 5.91 Å². The Labute approximate surface area is 162 Å². The number of aliphatic hydroxyl groups excluding tert-OH is 1. The Morgan fingerprint density at radius 3 is 2.31 bits per heavy atom. The predicted octanol–water partition coefficient (Wildman–Crippen LogP) is 4.45. The molecule has 1 unspecified atom stereocenters. The van der Waals surface area contributed by atoms with Gasteiger partial charge in [0.15, 0.2) is 0 Å². The average molecular weight is 417 g/mol. The van der Waals surface area contributed by atoms with Gasteiger partial charge in [-0.25, -0.2) is 0 Å². The fraction of sp³-hybridized carbons (Fsp3) is 0.350. The van der Waals surface area contributed by atoms with Crippen molar-refractivity contribution in [2.24, 2.45) is 0 Å². The Morgan fingerprint density at radius 2 is 1.69 bits per heavy atom. The van der Waals surface area contributed by atoms with E-state index in [4.69, 9.17) is 0 Å². The van der Waals surface area contributed by atoms with E-state index < -0.39 is 36.5 Å². The van der Waals surface area contributed by atoms with Gasteiger partial charge in [0.25, 0.3) is 0 Å². The monoisotopic (exact) mass is 417 g/mol. The molecular formula is C20H17F6NO2. The molecule has 2 N–H and O–H groups in total. The summed E-state index contributed by atoms with van der Waals surface area (Å²) in [5, 5.41) is 11.2. The molecule has 0 bridgehead atoms. The number of halogens is 6. The van der Waals surface area contributed by atoms with Gasteiger partial charge in [0.1, 0.15) is 0 Å². The van der Waals surface area contributed by atoms with Gasteiger partial charge in [0, 0.05) is 0 Å². The molecule has 29 heavy (non-hydrogen) atoms. The summed E-state index contributed by atoms with van der Waals surface area (Å²) in [5.41, 5.74) is 1.68. The topological polar surface area (TPSA) is 49.3 Å². The minimum absolute atomic E-state index is 0.144. The van der Waals surface area contributed by atoms with Crippen molar-refractivity contribution in [3.63, 3.8) is 0 Å². The summed E-state index contributed by atoms with van der Waals surface area (Å²) < 4.78 is 76.5. The number of amides is 1. The fourth-order valence-corrected chi connectivity index (χ4v) is 3.53. The second kappa shape index (κ2) is 7.70. The number of rotatable bonds is 4. The summed E-state index contributed by atoms with van der Waals surface area (Å²) >= 11 is 0. The smallest absolute Gasteiger partial charge is 0.392 e. The van der Waals surface area contributed by atoms with Crippen LogP contribution in [0, 0.1) is 0 Å². The van der Waals surface area contributed by atoms with Gasteiger partial charge in [-0.3, -0.25) is 4.79 Å². The molecule has 1 amide bonds. The molecule has 1 aliphatic carbocycles. The number of carbonyl (C=O) groups excluding carboxylic acids is 1. The van der Waals surface area contributed by atoms with Crippen molar-refractivity contribution in [2.45, 2.75) is 44.3 Å². The first-order valence-corrected chi connectivity index (χ1v) is 8.77. The van der Waals surface area contributed by atoms with E-state index in [9.17, 15) is 36.2 Å². The standard InChI is InChI=1S/C20H17F6NO2/c21-19(22,23)15-8-12(6-13(9-15)10-28)5-11-1-3-16-14(7-11)2-4-17(16)27-18(29)20(24,25)26/h1,3,6-9,17,28H,2,4-5,10H2,(H,27,29). The van der Waals surface area contributed by atoms with Crippen LogP contribution in [0.3, 0.4) is 0 Å². The lowest BCUT2D eigenvalue weighted by atomic mass is 9.97. The third kappa shape index (κ3) is 4.90. The predicted molar refractivity (Wildman–Crippen MR) is 91.9 cm³/mol. The van der Waals surface area contributed by atoms with E-state index >= 15 is 0 Å². The molecule has 1 aliphatic rings. The first-order valence-electron chi connectivity index (χ1n) is 8.77. The SMILES string of the molecule is O=C(NC1CCc2cc(Cc3cc(CO)cc(C(F)(F)F)c3)ccc21)C(F)(F)F. The van der Waals surface area contributed by atoms with Crippen molar-refractivity contribution in [3.8, 4) is 0 Å². The Bertz CT molecular complexity index is 920. The van der Waals surface area contributed by atoms with Crippen molar-refractivity contribution < 1.29 is 36.2 Å². The zero-order chi connectivity index (χ0) is 21.4. The summed E-state index contributed by atoms with van der Waals surface area (Å²) in [6.45, 7) is -0.526. The number of alkyl halides is 6. The highest BCUT2D eigenvalue weighted by atomic mass is 19.4. The van der Waals surface area contributed by atoms with Crippen molar-refractivity contribution in [2.75, 3.05) is 0 Å². The summed E-state index contributed by atoms with van der Waals surface area (Å²) in [6.07, 6.45) is -8.56. The molecule has 1 atom stereocenters. The van der Waals surface area contributed by atoms with E-state index in [0.717, 1.165) is 17.7 Å². The van der Waals surface area contributed by atoms with E-state index in [2.05, 4.69) is 0 Å². The molecule has 0 fully saturated rings. The van der Waals surface area contributed by atoms with Crippen LogP contribution in [0.25, 0.3) is 0 Å². The lowest BCUT2D eigenvalue weighted by Gasteiger charge is -2.16. The van der Waals surface area contributed by atoms with Gasteiger partial charge >= 0.3 is 18.3 Å². The van der Waals surface area contributed by atoms with Crippen molar-refractivity contribution in [1.82, 2.24) is 5.32 Å². The van der Waals surface area contributed by atoms with Crippen LogP contribution in [0.4, 0.5) is 26.3 Å². The van der Waals surface area contributed by atoms with Crippen LogP contribution in [-0.2, 0) is 30.4 Å². The zero-order valence-corrected chi connectivity index (χ0v) is 15.0. The van der Waals surface area contributed by atoms with Gasteiger partial charge in [-0.1, -0.05) is 24.3 Å². The third-order valence-electron chi connectivity index (χ3n) is 4.82. The molecule has 0 radical (unpaired) electrons. The highest BCUT2D eigenvalue weighted by Gasteiger charge is 2.40. The number of aryl methyl sites for hydroxylation is 1. The minimum atomic E-state index is -4.96. The Kier molecular flexibility index (Phi) is 5.62. The molecule has 156 valence electrons. The van der Waals surface area contributed by atoms with Gasteiger partial charge in [0.2, 0.25) is 0 Å². The fourth-order valence-electron chi connectivity index (χ4n) is 3.53. The van der Waals surface area contributed by atoms with Crippen LogP contribution in [0.2, 0.25) is 0 Å². The number of hydrogen-bond donors (Lipinski definition) is 2. The normalized spacial score (nSPS) is 16.6. The van der Waals surface area contributed by atoms with Gasteiger partial charge in [0.05, 0.1) is 18.2 Å². The van der Waals surface area contributed by atoms with Gasteiger partial charge in [-0.05, 0) is 59.2 Å². The summed E-state index contributed by atoms with van der Waals surface area (Å²) in [7, 11) is 0. The molecule has 3 rings (SSSR count). The largest absolute Gasteiger partial charge is 0.471 e. The molecule has 0 heterocycles. The number of benzene rings is 2. The van der Waals surface area contributed by atoms with Crippen LogP contribution in [0.15, 0.2) is 36.4 Å². The van der Waals surface area contributed by atoms with E-state index in [0.29, 0.717) is 29.5 Å². The molecule has 0 spiro atoms. The van der Waals surface area contributed by atoms with Crippen LogP contribution in [0.1, 0.15) is 45.8 Å². The number of aliphatic hydroxyl groups is 1. The number of carbonyl (C=O) groups is 1. The Morgan fingerprint density at radius 1 is 1.00 bits per heavy atom. The maximum Gasteiger partial charge on any atom is 0.471 e. The zero-order valence-electron chi connectivity index (χ0n) is 15.0. The molecule has 0 saturated carbocycles. The maximum absolute atomic E-state index is 13.0. The Balaban J connectivity index is 1.81. The van der Waals surface area contributed by atoms with Crippen LogP contribution >= 0.6 is 0 Å². The molecule has 2 aromatic rings. The summed E-state index contributed by atoms with van der Waals surface area (Å²) in [4.78, 5) is 11.2. The van der Waals surface area contributed by atoms with Gasteiger partial charge in [-0.2, -0.15) is 26.3 Å². The van der Waals surface area contributed by atoms with E-state index in [1.807, 2.05) is 5.32 Å². The van der Waals surface area contributed by atoms with Crippen molar-refractivity contribution in [3.05, 3.63) is 69.8 Å². The number of hydrogen-bond acceptors (Lipinski definition) is 2. The van der Waals surface area contributed by atoms with Gasteiger partial charge in [-0.15, -0.1) is 0 Å². The number of fused-ring (bicyclic) bond motifs is 1. The lowest BCUT2D eigenvalue weighted by molar-refractivity contribution is -0.174. The molecule has 9 heteroatoms. The molecule has 3 nitrogen and oxygen atoms in total. The van der Waals surface area contributed by atoms with E-state index in [1.54, 1.807) is 18.2 Å². The highest BCUT2D eigenvalue weighted by Crippen LogP contribution is 2.34. The van der Waals surface area contributed by atoms with Crippen LogP contribution in [-0.4, -0.2) is 17.2 Å². The minimum Gasteiger partial charge on any atom is -0.392 e. The quantitative estimate of drug-likeness (QED) is 0.722. The van der Waals surface area contributed by atoms with Crippen molar-refractivity contribution in [1.29, 1.82) is 0 Å². The first-order chi connectivity index (χ1) is 13.5. The third-order valence-corrected chi connectivity index (χ3v) is 4.82. The van der Waals surface area contributed by atoms with E-state index in [1.165, 1.54) is 6.07 Å². The molecule has 0 aromatic heterocycles. The van der Waals surface area contributed by atoms with Gasteiger partial charge < -0.3 is 10.4 Å².